The number of thiophene rings is 1. The minimum Gasteiger partial charge on any atom is -0.494 e. The summed E-state index contributed by atoms with van der Waals surface area (Å²) >= 11 is 1.56. The number of hydrogen-bond acceptors (Lipinski definition) is 5. The number of sulfone groups is 1. The third-order valence-electron chi connectivity index (χ3n) is 7.39. The van der Waals surface area contributed by atoms with Crippen molar-refractivity contribution in [3.8, 4) is 5.75 Å². The summed E-state index contributed by atoms with van der Waals surface area (Å²) in [4.78, 5) is 4.12. The predicted octanol–water partition coefficient (Wildman–Crippen LogP) is 7.46. The normalized spacial score (nSPS) is 16.0. The van der Waals surface area contributed by atoms with E-state index in [0.717, 1.165) is 27.9 Å². The van der Waals surface area contributed by atoms with E-state index in [0.29, 0.717) is 34.6 Å². The maximum Gasteiger partial charge on any atom is 0.208 e. The van der Waals surface area contributed by atoms with Crippen molar-refractivity contribution in [1.29, 1.82) is 0 Å². The first-order chi connectivity index (χ1) is 18.0. The first kappa shape index (κ1) is 26.0. The van der Waals surface area contributed by atoms with E-state index in [2.05, 4.69) is 36.2 Å². The van der Waals surface area contributed by atoms with Crippen LogP contribution in [0.3, 0.4) is 0 Å². The van der Waals surface area contributed by atoms with E-state index in [4.69, 9.17) is 4.74 Å². The van der Waals surface area contributed by atoms with Crippen LogP contribution in [0.15, 0.2) is 82.6 Å². The van der Waals surface area contributed by atoms with Gasteiger partial charge in [-0.15, -0.1) is 11.3 Å². The number of benzene rings is 3. The van der Waals surface area contributed by atoms with Gasteiger partial charge in [-0.05, 0) is 80.6 Å². The lowest BCUT2D eigenvalue weighted by atomic mass is 9.98. The van der Waals surface area contributed by atoms with Crippen molar-refractivity contribution in [2.24, 2.45) is 0 Å². The molecule has 1 aliphatic rings. The maximum atomic E-state index is 13.6. The zero-order valence-corrected chi connectivity index (χ0v) is 23.3. The number of nitrogens with zero attached hydrogens (tertiary/aromatic N) is 1. The minimum atomic E-state index is -3.61. The highest BCUT2D eigenvalue weighted by atomic mass is 32.2. The number of fused-ring (bicyclic) bond motifs is 2. The molecule has 5 rings (SSSR count). The van der Waals surface area contributed by atoms with Gasteiger partial charge in [0.25, 0.3) is 0 Å². The molecule has 37 heavy (non-hydrogen) atoms. The minimum absolute atomic E-state index is 0.310. The molecule has 1 atom stereocenters. The van der Waals surface area contributed by atoms with Gasteiger partial charge in [0.15, 0.2) is 0 Å². The van der Waals surface area contributed by atoms with Gasteiger partial charge >= 0.3 is 0 Å². The molecule has 1 heterocycles. The van der Waals surface area contributed by atoms with Gasteiger partial charge in [0.05, 0.1) is 16.4 Å². The molecule has 1 aliphatic carbocycles. The monoisotopic (exact) mass is 533 g/mol. The summed E-state index contributed by atoms with van der Waals surface area (Å²) in [7, 11) is -1.40. The second-order valence-corrected chi connectivity index (χ2v) is 12.8. The molecule has 0 radical (unpaired) electrons. The van der Waals surface area contributed by atoms with Crippen LogP contribution in [0.25, 0.3) is 10.1 Å². The zero-order chi connectivity index (χ0) is 25.8. The molecule has 194 valence electrons. The molecular formula is C31H35NO3S2. The predicted molar refractivity (Wildman–Crippen MR) is 153 cm³/mol. The molecule has 0 saturated carbocycles. The average Bonchev–Trinajstić information content (AvgIpc) is 3.18. The lowest BCUT2D eigenvalue weighted by Gasteiger charge is -2.28. The Morgan fingerprint density at radius 2 is 1.73 bits per heavy atom. The van der Waals surface area contributed by atoms with Crippen molar-refractivity contribution in [2.75, 3.05) is 20.2 Å². The van der Waals surface area contributed by atoms with Gasteiger partial charge < -0.3 is 4.74 Å². The number of ether oxygens (including phenoxy) is 1. The molecule has 4 aromatic rings. The quantitative estimate of drug-likeness (QED) is 0.165. The van der Waals surface area contributed by atoms with E-state index < -0.39 is 9.84 Å². The van der Waals surface area contributed by atoms with Crippen molar-refractivity contribution < 1.29 is 13.2 Å². The third kappa shape index (κ3) is 5.47. The highest BCUT2D eigenvalue weighted by Gasteiger charge is 2.26. The second kappa shape index (κ2) is 11.4. The van der Waals surface area contributed by atoms with Crippen LogP contribution in [0.2, 0.25) is 0 Å². The van der Waals surface area contributed by atoms with Crippen LogP contribution in [0.4, 0.5) is 0 Å². The summed E-state index contributed by atoms with van der Waals surface area (Å²) in [5.74, 6) is 0.701. The van der Waals surface area contributed by atoms with E-state index in [-0.39, 0.29) is 0 Å². The fourth-order valence-electron chi connectivity index (χ4n) is 5.45. The van der Waals surface area contributed by atoms with Crippen molar-refractivity contribution in [3.05, 3.63) is 88.8 Å². The fraction of sp³-hybridized carbons (Fsp3) is 0.355. The lowest BCUT2D eigenvalue weighted by molar-refractivity contribution is 0.206. The Bertz CT molecular complexity index is 1460. The van der Waals surface area contributed by atoms with E-state index in [1.54, 1.807) is 35.6 Å². The smallest absolute Gasteiger partial charge is 0.208 e. The van der Waals surface area contributed by atoms with E-state index in [9.17, 15) is 8.42 Å². The SMILES string of the molecule is CCc1sc2ccccc2c1S(=O)(=O)c1ccc(OCCCN(C)C2CCCCc3ccccc32)cc1. The number of aryl methyl sites for hydroxylation is 2. The molecule has 4 nitrogen and oxygen atoms in total. The van der Waals surface area contributed by atoms with Crippen LogP contribution < -0.4 is 4.74 Å². The van der Waals surface area contributed by atoms with Gasteiger partial charge in [-0.25, -0.2) is 8.42 Å². The highest BCUT2D eigenvalue weighted by Crippen LogP contribution is 2.38. The Morgan fingerprint density at radius 3 is 2.54 bits per heavy atom. The summed E-state index contributed by atoms with van der Waals surface area (Å²) in [5, 5.41) is 0.810. The number of rotatable bonds is 9. The van der Waals surface area contributed by atoms with Crippen molar-refractivity contribution in [1.82, 2.24) is 4.90 Å². The van der Waals surface area contributed by atoms with Crippen molar-refractivity contribution in [2.45, 2.75) is 61.3 Å². The van der Waals surface area contributed by atoms with Crippen molar-refractivity contribution >= 4 is 31.3 Å². The highest BCUT2D eigenvalue weighted by molar-refractivity contribution is 7.92. The Morgan fingerprint density at radius 1 is 0.973 bits per heavy atom. The molecule has 0 saturated heterocycles. The summed E-state index contributed by atoms with van der Waals surface area (Å²) in [6.07, 6.45) is 6.50. The summed E-state index contributed by atoms with van der Waals surface area (Å²) in [6, 6.07) is 24.0. The van der Waals surface area contributed by atoms with E-state index >= 15 is 0 Å². The van der Waals surface area contributed by atoms with Crippen LogP contribution in [-0.2, 0) is 22.7 Å². The van der Waals surface area contributed by atoms with Gasteiger partial charge in [-0.2, -0.15) is 0 Å². The molecule has 0 N–H and O–H groups in total. The molecule has 6 heteroatoms. The van der Waals surface area contributed by atoms with Crippen LogP contribution >= 0.6 is 11.3 Å². The topological polar surface area (TPSA) is 46.6 Å². The molecule has 1 unspecified atom stereocenters. The Balaban J connectivity index is 1.21. The number of hydrogen-bond donors (Lipinski definition) is 0. The van der Waals surface area contributed by atoms with Crippen molar-refractivity contribution in [3.63, 3.8) is 0 Å². The largest absolute Gasteiger partial charge is 0.494 e. The summed E-state index contributed by atoms with van der Waals surface area (Å²) in [6.45, 7) is 3.56. The summed E-state index contributed by atoms with van der Waals surface area (Å²) < 4.78 is 34.1. The Hall–Kier alpha value is -2.67. The van der Waals surface area contributed by atoms with Gasteiger partial charge in [0, 0.05) is 27.5 Å². The third-order valence-corrected chi connectivity index (χ3v) is 10.7. The molecule has 3 aromatic carbocycles. The van der Waals surface area contributed by atoms with Gasteiger partial charge in [-0.1, -0.05) is 55.8 Å². The van der Waals surface area contributed by atoms with Crippen LogP contribution in [0.5, 0.6) is 5.75 Å². The zero-order valence-electron chi connectivity index (χ0n) is 21.7. The summed E-state index contributed by atoms with van der Waals surface area (Å²) in [5.41, 5.74) is 2.97. The molecule has 1 aromatic heterocycles. The van der Waals surface area contributed by atoms with E-state index in [1.807, 2.05) is 31.2 Å². The first-order valence-corrected chi connectivity index (χ1v) is 15.6. The Labute approximate surface area is 224 Å². The van der Waals surface area contributed by atoms with Crippen LogP contribution in [0, 0.1) is 0 Å². The second-order valence-electron chi connectivity index (χ2n) is 9.82. The molecule has 0 spiro atoms. The van der Waals surface area contributed by atoms with Gasteiger partial charge in [-0.3, -0.25) is 4.90 Å². The van der Waals surface area contributed by atoms with Crippen LogP contribution in [-0.4, -0.2) is 33.5 Å². The fourth-order valence-corrected chi connectivity index (χ4v) is 8.65. The Kier molecular flexibility index (Phi) is 7.98. The van der Waals surface area contributed by atoms with Gasteiger partial charge in [0.2, 0.25) is 9.84 Å². The standard InChI is InChI=1S/C31H35NO3S2/c1-3-29-31(27-14-7-9-16-30(27)36-29)37(33,34)25-19-17-24(18-20-25)35-22-10-21-32(2)28-15-8-5-12-23-11-4-6-13-26(23)28/h4,6-7,9,11,13-14,16-20,28H,3,5,8,10,12,15,21-22H2,1-2H3. The molecule has 0 amide bonds. The van der Waals surface area contributed by atoms with E-state index in [1.165, 1.54) is 36.8 Å². The molecular weight excluding hydrogens is 498 g/mol. The van der Waals surface area contributed by atoms with Crippen LogP contribution in [0.1, 0.15) is 54.7 Å². The average molecular weight is 534 g/mol. The molecule has 0 fully saturated rings. The first-order valence-electron chi connectivity index (χ1n) is 13.3. The van der Waals surface area contributed by atoms with Gasteiger partial charge in [0.1, 0.15) is 5.75 Å². The lowest BCUT2D eigenvalue weighted by Crippen LogP contribution is -2.27. The molecule has 0 aliphatic heterocycles. The maximum absolute atomic E-state index is 13.6. The molecule has 0 bridgehead atoms.